The van der Waals surface area contributed by atoms with E-state index in [4.69, 9.17) is 14.2 Å². The molecule has 3 saturated heterocycles. The number of aliphatic hydroxyl groups is 4. The molecule has 134 valence electrons. The summed E-state index contributed by atoms with van der Waals surface area (Å²) >= 11 is 0. The van der Waals surface area contributed by atoms with Crippen molar-refractivity contribution in [2.75, 3.05) is 13.2 Å². The molecule has 0 aromatic heterocycles. The summed E-state index contributed by atoms with van der Waals surface area (Å²) in [5, 5.41) is 38.8. The molecular formula is C16H28O7. The maximum atomic E-state index is 10.0. The van der Waals surface area contributed by atoms with Gasteiger partial charge in [-0.2, -0.15) is 0 Å². The molecule has 23 heavy (non-hydrogen) atoms. The van der Waals surface area contributed by atoms with Crippen LogP contribution in [0, 0.1) is 5.92 Å². The molecule has 0 spiro atoms. The molecule has 4 rings (SSSR count). The monoisotopic (exact) mass is 332 g/mol. The summed E-state index contributed by atoms with van der Waals surface area (Å²) < 4.78 is 17.4. The first-order chi connectivity index (χ1) is 10.8. The van der Waals surface area contributed by atoms with Crippen LogP contribution in [0.4, 0.5) is 0 Å². The van der Waals surface area contributed by atoms with Gasteiger partial charge < -0.3 is 34.6 Å². The Morgan fingerprint density at radius 1 is 1.04 bits per heavy atom. The van der Waals surface area contributed by atoms with Crippen LogP contribution in [0.15, 0.2) is 0 Å². The van der Waals surface area contributed by atoms with Crippen molar-refractivity contribution in [2.24, 2.45) is 5.92 Å². The van der Waals surface area contributed by atoms with E-state index in [0.717, 1.165) is 25.7 Å². The Balaban J connectivity index is 1.63. The Labute approximate surface area is 136 Å². The van der Waals surface area contributed by atoms with Crippen LogP contribution in [-0.4, -0.2) is 75.5 Å². The van der Waals surface area contributed by atoms with Crippen molar-refractivity contribution in [3.63, 3.8) is 0 Å². The topological polar surface area (TPSA) is 109 Å². The number of hydrogen-bond acceptors (Lipinski definition) is 7. The molecule has 1 aliphatic carbocycles. The van der Waals surface area contributed by atoms with Crippen molar-refractivity contribution >= 4 is 0 Å². The maximum Gasteiger partial charge on any atom is 0.186 e. The van der Waals surface area contributed by atoms with Gasteiger partial charge in [0, 0.05) is 0 Å². The van der Waals surface area contributed by atoms with Crippen LogP contribution in [0.25, 0.3) is 0 Å². The first-order valence-corrected chi connectivity index (χ1v) is 8.40. The van der Waals surface area contributed by atoms with E-state index >= 15 is 0 Å². The minimum Gasteiger partial charge on any atom is -0.394 e. The van der Waals surface area contributed by atoms with Crippen molar-refractivity contribution in [1.29, 1.82) is 0 Å². The fraction of sp³-hybridized carbons (Fsp3) is 1.00. The third-order valence-corrected chi connectivity index (χ3v) is 5.77. The largest absolute Gasteiger partial charge is 0.394 e. The van der Waals surface area contributed by atoms with Gasteiger partial charge >= 0.3 is 0 Å². The van der Waals surface area contributed by atoms with Gasteiger partial charge in [-0.25, -0.2) is 0 Å². The van der Waals surface area contributed by atoms with Crippen LogP contribution >= 0.6 is 0 Å². The second kappa shape index (κ2) is 6.22. The molecule has 0 amide bonds. The second-order valence-corrected chi connectivity index (χ2v) is 7.65. The Bertz CT molecular complexity index is 421. The zero-order valence-electron chi connectivity index (χ0n) is 13.7. The molecule has 1 saturated carbocycles. The van der Waals surface area contributed by atoms with Gasteiger partial charge in [-0.05, 0) is 45.4 Å². The molecule has 7 nitrogen and oxygen atoms in total. The third-order valence-electron chi connectivity index (χ3n) is 5.77. The Morgan fingerprint density at radius 2 is 1.70 bits per heavy atom. The van der Waals surface area contributed by atoms with Gasteiger partial charge in [-0.15, -0.1) is 0 Å². The minimum atomic E-state index is -1.42. The molecule has 6 unspecified atom stereocenters. The predicted octanol–water partition coefficient (Wildman–Crippen LogP) is -0.459. The van der Waals surface area contributed by atoms with Crippen LogP contribution < -0.4 is 0 Å². The minimum absolute atomic E-state index is 0.123. The molecule has 4 aliphatic rings. The average molecular weight is 332 g/mol. The lowest BCUT2D eigenvalue weighted by atomic mass is 9.68. The molecule has 3 aliphatic heterocycles. The summed E-state index contributed by atoms with van der Waals surface area (Å²) in [6.45, 7) is 3.90. The summed E-state index contributed by atoms with van der Waals surface area (Å²) in [7, 11) is 0. The van der Waals surface area contributed by atoms with Gasteiger partial charge in [0.25, 0.3) is 0 Å². The Hall–Kier alpha value is -0.280. The summed E-state index contributed by atoms with van der Waals surface area (Å²) in [6, 6.07) is 0. The Kier molecular flexibility index (Phi) is 4.74. The van der Waals surface area contributed by atoms with Crippen LogP contribution in [0.2, 0.25) is 0 Å². The SMILES string of the molecule is CC12CCC(CC1)C(C)(COC1OC(CO)C(O)C(O)C1O)O2. The number of hydrogen-bond donors (Lipinski definition) is 4. The number of ether oxygens (including phenoxy) is 3. The lowest BCUT2D eigenvalue weighted by Gasteiger charge is -2.55. The van der Waals surface area contributed by atoms with E-state index < -0.39 is 42.9 Å². The number of rotatable bonds is 4. The van der Waals surface area contributed by atoms with Gasteiger partial charge in [0.15, 0.2) is 6.29 Å². The highest BCUT2D eigenvalue weighted by Crippen LogP contribution is 2.49. The molecule has 4 fully saturated rings. The standard InChI is InChI=1S/C16H28O7/c1-15-5-3-9(4-6-15)16(2,23-15)8-21-14-13(20)12(19)11(18)10(7-17)22-14/h9-14,17-20H,3-8H2,1-2H3. The van der Waals surface area contributed by atoms with Gasteiger partial charge in [0.2, 0.25) is 0 Å². The third kappa shape index (κ3) is 3.16. The first kappa shape index (κ1) is 17.5. The van der Waals surface area contributed by atoms with Gasteiger partial charge in [0.05, 0.1) is 24.4 Å². The van der Waals surface area contributed by atoms with Crippen molar-refractivity contribution in [3.05, 3.63) is 0 Å². The van der Waals surface area contributed by atoms with E-state index in [1.807, 2.05) is 6.92 Å². The molecule has 2 bridgehead atoms. The van der Waals surface area contributed by atoms with E-state index in [9.17, 15) is 20.4 Å². The summed E-state index contributed by atoms with van der Waals surface area (Å²) in [5.74, 6) is 0.397. The lowest BCUT2D eigenvalue weighted by Crippen LogP contribution is -2.61. The van der Waals surface area contributed by atoms with E-state index in [2.05, 4.69) is 6.92 Å². The van der Waals surface area contributed by atoms with Crippen LogP contribution in [0.1, 0.15) is 39.5 Å². The lowest BCUT2D eigenvalue weighted by molar-refractivity contribution is -0.325. The van der Waals surface area contributed by atoms with E-state index in [0.29, 0.717) is 5.92 Å². The highest BCUT2D eigenvalue weighted by atomic mass is 16.7. The number of fused-ring (bicyclic) bond motifs is 3. The highest BCUT2D eigenvalue weighted by Gasteiger charge is 2.52. The van der Waals surface area contributed by atoms with Crippen molar-refractivity contribution < 1.29 is 34.6 Å². The van der Waals surface area contributed by atoms with Crippen molar-refractivity contribution in [1.82, 2.24) is 0 Å². The Morgan fingerprint density at radius 3 is 2.26 bits per heavy atom. The van der Waals surface area contributed by atoms with Gasteiger partial charge in [0.1, 0.15) is 24.4 Å². The quantitative estimate of drug-likeness (QED) is 0.552. The highest BCUT2D eigenvalue weighted by molar-refractivity contribution is 5.00. The normalized spacial score (nSPS) is 53.5. The molecule has 0 aromatic carbocycles. The van der Waals surface area contributed by atoms with E-state index in [1.54, 1.807) is 0 Å². The summed E-state index contributed by atoms with van der Waals surface area (Å²) in [4.78, 5) is 0. The molecule has 0 radical (unpaired) electrons. The zero-order valence-corrected chi connectivity index (χ0v) is 13.7. The molecule has 6 atom stereocenters. The average Bonchev–Trinajstić information content (AvgIpc) is 2.52. The van der Waals surface area contributed by atoms with Crippen molar-refractivity contribution in [2.45, 2.75) is 81.4 Å². The van der Waals surface area contributed by atoms with Gasteiger partial charge in [-0.1, -0.05) is 0 Å². The maximum absolute atomic E-state index is 10.0. The van der Waals surface area contributed by atoms with Crippen molar-refractivity contribution in [3.8, 4) is 0 Å². The van der Waals surface area contributed by atoms with Crippen LogP contribution in [0.3, 0.4) is 0 Å². The zero-order chi connectivity index (χ0) is 16.8. The van der Waals surface area contributed by atoms with E-state index in [-0.39, 0.29) is 12.2 Å². The van der Waals surface area contributed by atoms with Gasteiger partial charge in [-0.3, -0.25) is 0 Å². The molecule has 3 heterocycles. The second-order valence-electron chi connectivity index (χ2n) is 7.65. The summed E-state index contributed by atoms with van der Waals surface area (Å²) in [6.07, 6.45) is -1.93. The van der Waals surface area contributed by atoms with E-state index in [1.165, 1.54) is 0 Å². The van der Waals surface area contributed by atoms with Crippen LogP contribution in [0.5, 0.6) is 0 Å². The summed E-state index contributed by atoms with van der Waals surface area (Å²) in [5.41, 5.74) is -0.577. The smallest absolute Gasteiger partial charge is 0.186 e. The molecular weight excluding hydrogens is 304 g/mol. The fourth-order valence-corrected chi connectivity index (χ4v) is 4.19. The first-order valence-electron chi connectivity index (χ1n) is 8.40. The molecule has 4 N–H and O–H groups in total. The molecule has 7 heteroatoms. The number of aliphatic hydroxyl groups excluding tert-OH is 4. The molecule has 0 aromatic rings. The fourth-order valence-electron chi connectivity index (χ4n) is 4.19. The predicted molar refractivity (Wildman–Crippen MR) is 79.6 cm³/mol. The van der Waals surface area contributed by atoms with Crippen LogP contribution in [-0.2, 0) is 14.2 Å².